The van der Waals surface area contributed by atoms with Gasteiger partial charge in [0.15, 0.2) is 0 Å². The second kappa shape index (κ2) is 12.7. The fourth-order valence-corrected chi connectivity index (χ4v) is 5.34. The highest BCUT2D eigenvalue weighted by atomic mass is 16.2. The first-order valence-corrected chi connectivity index (χ1v) is 12.9. The Bertz CT molecular complexity index is 924. The molecule has 200 valence electrons. The Hall–Kier alpha value is -2.45. The molecule has 0 aromatic heterocycles. The van der Waals surface area contributed by atoms with Crippen molar-refractivity contribution in [3.8, 4) is 0 Å². The minimum Gasteiger partial charge on any atom is -0.399 e. The van der Waals surface area contributed by atoms with Crippen LogP contribution in [-0.4, -0.2) is 29.2 Å². The normalized spacial score (nSPS) is 17.5. The third-order valence-electron chi connectivity index (χ3n) is 7.17. The zero-order valence-electron chi connectivity index (χ0n) is 23.1. The van der Waals surface area contributed by atoms with Gasteiger partial charge in [-0.3, -0.25) is 15.1 Å². The number of hydrogen-bond donors (Lipinski definition) is 5. The smallest absolute Gasteiger partial charge is 0.256 e. The van der Waals surface area contributed by atoms with Gasteiger partial charge in [0.2, 0.25) is 0 Å². The van der Waals surface area contributed by atoms with Gasteiger partial charge in [-0.05, 0) is 55.2 Å². The standard InChI is InChI=1S/C22H39N5O.C7H9N/c1-15-8-10-16(11-9-15)14-26-18(24)17(23)19(28)27(25)20(21(2,3)4)22(5)12-6-7-13-22;1-6-2-4-7(8)5-3-6/h8-11,17-18,20,26H,6-7,12-14,23-25H2,1-5H3;2-5H,8H2,1H3. The first-order chi connectivity index (χ1) is 16.7. The molecule has 0 radical (unpaired) electrons. The molecule has 1 aliphatic carbocycles. The molecule has 0 heterocycles. The third-order valence-corrected chi connectivity index (χ3v) is 7.17. The topological polar surface area (TPSA) is 136 Å². The molecule has 1 aliphatic rings. The molecule has 7 heteroatoms. The van der Waals surface area contributed by atoms with E-state index in [0.717, 1.165) is 24.1 Å². The van der Waals surface area contributed by atoms with Crippen LogP contribution >= 0.6 is 0 Å². The van der Waals surface area contributed by atoms with Gasteiger partial charge in [-0.15, -0.1) is 0 Å². The number of anilines is 1. The number of amides is 1. The molecule has 9 N–H and O–H groups in total. The maximum atomic E-state index is 13.1. The highest BCUT2D eigenvalue weighted by Crippen LogP contribution is 2.48. The Kier molecular flexibility index (Phi) is 10.5. The molecular weight excluding hydrogens is 448 g/mol. The van der Waals surface area contributed by atoms with E-state index >= 15 is 0 Å². The number of hydrazine groups is 1. The molecule has 1 fully saturated rings. The number of nitrogens with two attached hydrogens (primary N) is 4. The van der Waals surface area contributed by atoms with Gasteiger partial charge >= 0.3 is 0 Å². The molecular formula is C29H48N6O. The van der Waals surface area contributed by atoms with Crippen LogP contribution < -0.4 is 28.4 Å². The molecule has 1 saturated carbocycles. The molecule has 3 atom stereocenters. The van der Waals surface area contributed by atoms with Crippen molar-refractivity contribution in [2.75, 3.05) is 5.73 Å². The molecule has 0 bridgehead atoms. The van der Waals surface area contributed by atoms with E-state index < -0.39 is 12.2 Å². The van der Waals surface area contributed by atoms with Gasteiger partial charge in [0.25, 0.3) is 5.91 Å². The fraction of sp³-hybridized carbons (Fsp3) is 0.552. The van der Waals surface area contributed by atoms with E-state index in [-0.39, 0.29) is 22.8 Å². The molecule has 1 amide bonds. The van der Waals surface area contributed by atoms with E-state index in [4.69, 9.17) is 23.0 Å². The summed E-state index contributed by atoms with van der Waals surface area (Å²) in [5.41, 5.74) is 22.1. The number of hydrogen-bond acceptors (Lipinski definition) is 6. The van der Waals surface area contributed by atoms with Gasteiger partial charge in [0.05, 0.1) is 12.2 Å². The van der Waals surface area contributed by atoms with Crippen LogP contribution in [0.25, 0.3) is 0 Å². The van der Waals surface area contributed by atoms with Crippen LogP contribution in [0.15, 0.2) is 48.5 Å². The van der Waals surface area contributed by atoms with Gasteiger partial charge in [-0.1, -0.05) is 88.1 Å². The quantitative estimate of drug-likeness (QED) is 0.129. The second-order valence-corrected chi connectivity index (χ2v) is 11.7. The van der Waals surface area contributed by atoms with E-state index in [9.17, 15) is 4.79 Å². The van der Waals surface area contributed by atoms with Gasteiger partial charge in [0, 0.05) is 12.2 Å². The monoisotopic (exact) mass is 496 g/mol. The van der Waals surface area contributed by atoms with Crippen LogP contribution in [0.3, 0.4) is 0 Å². The summed E-state index contributed by atoms with van der Waals surface area (Å²) >= 11 is 0. The molecule has 3 unspecified atom stereocenters. The van der Waals surface area contributed by atoms with Crippen molar-refractivity contribution in [3.63, 3.8) is 0 Å². The second-order valence-electron chi connectivity index (χ2n) is 11.7. The van der Waals surface area contributed by atoms with Crippen LogP contribution in [0.5, 0.6) is 0 Å². The molecule has 0 spiro atoms. The minimum atomic E-state index is -0.898. The predicted octanol–water partition coefficient (Wildman–Crippen LogP) is 3.97. The van der Waals surface area contributed by atoms with E-state index in [1.807, 2.05) is 62.4 Å². The highest BCUT2D eigenvalue weighted by molar-refractivity contribution is 5.82. The van der Waals surface area contributed by atoms with Crippen molar-refractivity contribution in [1.29, 1.82) is 0 Å². The van der Waals surface area contributed by atoms with E-state index in [0.29, 0.717) is 6.54 Å². The van der Waals surface area contributed by atoms with Crippen molar-refractivity contribution < 1.29 is 4.79 Å². The summed E-state index contributed by atoms with van der Waals surface area (Å²) in [6.07, 6.45) is 3.83. The zero-order chi connectivity index (χ0) is 27.1. The van der Waals surface area contributed by atoms with E-state index in [1.54, 1.807) is 0 Å². The number of rotatable bonds is 7. The summed E-state index contributed by atoms with van der Waals surface area (Å²) in [5.74, 6) is 6.09. The summed E-state index contributed by atoms with van der Waals surface area (Å²) < 4.78 is 0. The predicted molar refractivity (Wildman–Crippen MR) is 150 cm³/mol. The van der Waals surface area contributed by atoms with Crippen LogP contribution in [0.1, 0.15) is 70.1 Å². The number of nitrogens with one attached hydrogen (secondary N) is 1. The number of carbonyl (C=O) groups is 1. The Balaban J connectivity index is 0.000000482. The molecule has 3 rings (SSSR count). The van der Waals surface area contributed by atoms with Gasteiger partial charge < -0.3 is 17.2 Å². The van der Waals surface area contributed by atoms with Crippen molar-refractivity contribution in [1.82, 2.24) is 10.3 Å². The van der Waals surface area contributed by atoms with Crippen molar-refractivity contribution in [2.45, 2.75) is 92.0 Å². The Morgan fingerprint density at radius 1 is 0.972 bits per heavy atom. The number of nitrogens with zero attached hydrogens (tertiary/aromatic N) is 1. The molecule has 0 aliphatic heterocycles. The number of aryl methyl sites for hydroxylation is 2. The Morgan fingerprint density at radius 2 is 1.44 bits per heavy atom. The number of benzene rings is 2. The summed E-state index contributed by atoms with van der Waals surface area (Å²) in [6, 6.07) is 15.0. The van der Waals surface area contributed by atoms with Crippen LogP contribution in [0, 0.1) is 24.7 Å². The lowest BCUT2D eigenvalue weighted by Gasteiger charge is -2.48. The van der Waals surface area contributed by atoms with Crippen LogP contribution in [-0.2, 0) is 11.3 Å². The Labute approximate surface area is 217 Å². The van der Waals surface area contributed by atoms with E-state index in [1.165, 1.54) is 29.0 Å². The van der Waals surface area contributed by atoms with Crippen LogP contribution in [0.2, 0.25) is 0 Å². The van der Waals surface area contributed by atoms with Gasteiger partial charge in [-0.25, -0.2) is 5.84 Å². The zero-order valence-corrected chi connectivity index (χ0v) is 23.1. The minimum absolute atomic E-state index is 0.00179. The van der Waals surface area contributed by atoms with Gasteiger partial charge in [0.1, 0.15) is 6.04 Å². The number of carbonyl (C=O) groups excluding carboxylic acids is 1. The molecule has 36 heavy (non-hydrogen) atoms. The van der Waals surface area contributed by atoms with Crippen LogP contribution in [0.4, 0.5) is 5.69 Å². The maximum absolute atomic E-state index is 13.1. The van der Waals surface area contributed by atoms with Crippen molar-refractivity contribution >= 4 is 11.6 Å². The van der Waals surface area contributed by atoms with Crippen molar-refractivity contribution in [2.24, 2.45) is 28.1 Å². The van der Waals surface area contributed by atoms with E-state index in [2.05, 4.69) is 33.0 Å². The first kappa shape index (κ1) is 29.8. The summed E-state index contributed by atoms with van der Waals surface area (Å²) in [6.45, 7) is 13.3. The third kappa shape index (κ3) is 8.30. The SMILES string of the molecule is Cc1ccc(CNC(N)C(N)C(=O)N(N)C(C(C)(C)C)C2(C)CCCC2)cc1.Cc1ccc(N)cc1. The molecule has 2 aromatic rings. The Morgan fingerprint density at radius 3 is 1.89 bits per heavy atom. The maximum Gasteiger partial charge on any atom is 0.256 e. The average Bonchev–Trinajstić information content (AvgIpc) is 3.25. The lowest BCUT2D eigenvalue weighted by molar-refractivity contribution is -0.143. The van der Waals surface area contributed by atoms with Crippen molar-refractivity contribution in [3.05, 3.63) is 65.2 Å². The van der Waals surface area contributed by atoms with Gasteiger partial charge in [-0.2, -0.15) is 0 Å². The highest BCUT2D eigenvalue weighted by Gasteiger charge is 2.48. The summed E-state index contributed by atoms with van der Waals surface area (Å²) in [5, 5.41) is 4.54. The fourth-order valence-electron chi connectivity index (χ4n) is 5.34. The number of nitrogen functional groups attached to an aromatic ring is 1. The lowest BCUT2D eigenvalue weighted by atomic mass is 9.68. The average molecular weight is 497 g/mol. The molecule has 0 saturated heterocycles. The lowest BCUT2D eigenvalue weighted by Crippen LogP contribution is -2.65. The summed E-state index contributed by atoms with van der Waals surface area (Å²) in [4.78, 5) is 13.1. The largest absolute Gasteiger partial charge is 0.399 e. The molecule has 2 aromatic carbocycles. The molecule has 7 nitrogen and oxygen atoms in total. The summed E-state index contributed by atoms with van der Waals surface area (Å²) in [7, 11) is 0. The first-order valence-electron chi connectivity index (χ1n) is 12.9.